The molecule has 0 bridgehead atoms. The molecule has 0 saturated heterocycles. The van der Waals surface area contributed by atoms with E-state index in [1.807, 2.05) is 6.92 Å². The lowest BCUT2D eigenvalue weighted by atomic mass is 10.1. The molecule has 0 saturated carbocycles. The second-order valence-electron chi connectivity index (χ2n) is 4.59. The van der Waals surface area contributed by atoms with E-state index in [1.54, 1.807) is 24.3 Å². The van der Waals surface area contributed by atoms with Crippen LogP contribution in [0.2, 0.25) is 5.02 Å². The van der Waals surface area contributed by atoms with E-state index in [-0.39, 0.29) is 11.2 Å². The van der Waals surface area contributed by atoms with Gasteiger partial charge in [-0.05, 0) is 42.8 Å². The van der Waals surface area contributed by atoms with Crippen molar-refractivity contribution < 1.29 is 9.52 Å². The predicted octanol–water partition coefficient (Wildman–Crippen LogP) is 4.13. The Morgan fingerprint density at radius 3 is 2.50 bits per heavy atom. The van der Waals surface area contributed by atoms with Gasteiger partial charge < -0.3 is 9.52 Å². The zero-order valence-corrected chi connectivity index (χ0v) is 11.4. The third-order valence-corrected chi connectivity index (χ3v) is 3.49. The molecular weight excluding hydrogens is 276 g/mol. The Kier molecular flexibility index (Phi) is 2.99. The van der Waals surface area contributed by atoms with E-state index in [0.29, 0.717) is 27.3 Å². The normalized spacial score (nSPS) is 10.9. The first-order valence-electron chi connectivity index (χ1n) is 6.08. The van der Waals surface area contributed by atoms with E-state index >= 15 is 0 Å². The molecule has 0 aliphatic heterocycles. The number of halogens is 1. The second-order valence-corrected chi connectivity index (χ2v) is 5.00. The van der Waals surface area contributed by atoms with Crippen LogP contribution in [0, 0.1) is 6.92 Å². The topological polar surface area (TPSA) is 50.4 Å². The van der Waals surface area contributed by atoms with E-state index < -0.39 is 0 Å². The third kappa shape index (κ3) is 2.06. The monoisotopic (exact) mass is 286 g/mol. The number of fused-ring (bicyclic) bond motifs is 1. The van der Waals surface area contributed by atoms with Gasteiger partial charge in [0.2, 0.25) is 0 Å². The highest BCUT2D eigenvalue weighted by Crippen LogP contribution is 2.29. The number of aromatic hydroxyl groups is 1. The summed E-state index contributed by atoms with van der Waals surface area (Å²) in [6.45, 7) is 1.84. The maximum atomic E-state index is 12.2. The zero-order chi connectivity index (χ0) is 14.3. The van der Waals surface area contributed by atoms with Crippen LogP contribution in [0.4, 0.5) is 0 Å². The van der Waals surface area contributed by atoms with E-state index in [9.17, 15) is 9.90 Å². The Morgan fingerprint density at radius 2 is 1.80 bits per heavy atom. The minimum absolute atomic E-state index is 0.130. The average molecular weight is 287 g/mol. The molecule has 0 atom stereocenters. The first-order valence-corrected chi connectivity index (χ1v) is 6.46. The fourth-order valence-corrected chi connectivity index (χ4v) is 2.36. The zero-order valence-electron chi connectivity index (χ0n) is 10.7. The smallest absolute Gasteiger partial charge is 0.193 e. The van der Waals surface area contributed by atoms with Gasteiger partial charge in [0.05, 0.1) is 10.4 Å². The maximum Gasteiger partial charge on any atom is 0.193 e. The summed E-state index contributed by atoms with van der Waals surface area (Å²) in [7, 11) is 0. The third-order valence-electron chi connectivity index (χ3n) is 3.19. The van der Waals surface area contributed by atoms with Crippen LogP contribution in [-0.2, 0) is 0 Å². The molecule has 0 aliphatic carbocycles. The predicted molar refractivity (Wildman–Crippen MR) is 79.3 cm³/mol. The molecule has 1 aromatic heterocycles. The van der Waals surface area contributed by atoms with Crippen molar-refractivity contribution in [1.82, 2.24) is 0 Å². The lowest BCUT2D eigenvalue weighted by Crippen LogP contribution is -2.02. The van der Waals surface area contributed by atoms with Crippen molar-refractivity contribution in [2.75, 3.05) is 0 Å². The number of rotatable bonds is 1. The van der Waals surface area contributed by atoms with Crippen LogP contribution in [0.1, 0.15) is 5.56 Å². The highest BCUT2D eigenvalue weighted by molar-refractivity contribution is 6.34. The SMILES string of the molecule is Cc1ccc(Cl)c2oc(-c3ccc(O)cc3)cc(=O)c12. The molecule has 20 heavy (non-hydrogen) atoms. The molecule has 0 radical (unpaired) electrons. The Bertz CT molecular complexity index is 848. The molecule has 100 valence electrons. The van der Waals surface area contributed by atoms with E-state index in [4.69, 9.17) is 16.0 Å². The molecule has 3 rings (SSSR count). The van der Waals surface area contributed by atoms with Gasteiger partial charge in [0.15, 0.2) is 11.0 Å². The summed E-state index contributed by atoms with van der Waals surface area (Å²) in [5.74, 6) is 0.584. The molecular formula is C16H11ClO3. The van der Waals surface area contributed by atoms with Crippen molar-refractivity contribution >= 4 is 22.6 Å². The molecule has 0 amide bonds. The molecule has 2 aromatic carbocycles. The first kappa shape index (κ1) is 12.8. The number of phenols is 1. The molecule has 0 unspecified atom stereocenters. The van der Waals surface area contributed by atoms with Crippen molar-refractivity contribution in [2.24, 2.45) is 0 Å². The summed E-state index contributed by atoms with van der Waals surface area (Å²) in [5, 5.41) is 10.2. The lowest BCUT2D eigenvalue weighted by Gasteiger charge is -2.06. The summed E-state index contributed by atoms with van der Waals surface area (Å²) in [4.78, 5) is 12.2. The number of hydrogen-bond donors (Lipinski definition) is 1. The number of phenolic OH excluding ortho intramolecular Hbond substituents is 1. The summed E-state index contributed by atoms with van der Waals surface area (Å²) in [5.41, 5.74) is 1.80. The fourth-order valence-electron chi connectivity index (χ4n) is 2.16. The first-order chi connectivity index (χ1) is 9.56. The minimum Gasteiger partial charge on any atom is -0.508 e. The van der Waals surface area contributed by atoms with Gasteiger partial charge in [0, 0.05) is 11.6 Å². The molecule has 0 aliphatic rings. The summed E-state index contributed by atoms with van der Waals surface area (Å²) >= 11 is 6.11. The Hall–Kier alpha value is -2.26. The Morgan fingerprint density at radius 1 is 1.10 bits per heavy atom. The van der Waals surface area contributed by atoms with Gasteiger partial charge in [-0.25, -0.2) is 0 Å². The Labute approximate surface area is 120 Å². The lowest BCUT2D eigenvalue weighted by molar-refractivity contribution is 0.475. The molecule has 0 fully saturated rings. The molecule has 1 heterocycles. The quantitative estimate of drug-likeness (QED) is 0.732. The summed E-state index contributed by atoms with van der Waals surface area (Å²) in [6.07, 6.45) is 0. The highest BCUT2D eigenvalue weighted by atomic mass is 35.5. The van der Waals surface area contributed by atoms with Crippen LogP contribution in [0.25, 0.3) is 22.3 Å². The van der Waals surface area contributed by atoms with Crippen LogP contribution in [0.15, 0.2) is 51.7 Å². The van der Waals surface area contributed by atoms with Crippen LogP contribution in [0.3, 0.4) is 0 Å². The molecule has 3 nitrogen and oxygen atoms in total. The minimum atomic E-state index is -0.130. The van der Waals surface area contributed by atoms with Crippen LogP contribution in [0.5, 0.6) is 5.75 Å². The van der Waals surface area contributed by atoms with E-state index in [2.05, 4.69) is 0 Å². The standard InChI is InChI=1S/C16H11ClO3/c1-9-2-7-12(17)16-15(9)13(19)8-14(20-16)10-3-5-11(18)6-4-10/h2-8,18H,1H3. The molecule has 1 N–H and O–H groups in total. The van der Waals surface area contributed by atoms with Crippen LogP contribution < -0.4 is 5.43 Å². The Balaban J connectivity index is 2.32. The largest absolute Gasteiger partial charge is 0.508 e. The van der Waals surface area contributed by atoms with Crippen molar-refractivity contribution in [3.8, 4) is 17.1 Å². The van der Waals surface area contributed by atoms with Gasteiger partial charge in [-0.3, -0.25) is 4.79 Å². The van der Waals surface area contributed by atoms with Crippen molar-refractivity contribution in [1.29, 1.82) is 0 Å². The van der Waals surface area contributed by atoms with Crippen molar-refractivity contribution in [3.05, 3.63) is 63.3 Å². The molecule has 3 aromatic rings. The summed E-state index contributed by atoms with van der Waals surface area (Å²) in [6, 6.07) is 11.4. The number of hydrogen-bond acceptors (Lipinski definition) is 3. The van der Waals surface area contributed by atoms with Gasteiger partial charge >= 0.3 is 0 Å². The molecule has 4 heteroatoms. The van der Waals surface area contributed by atoms with Gasteiger partial charge in [0.25, 0.3) is 0 Å². The van der Waals surface area contributed by atoms with E-state index in [0.717, 1.165) is 5.56 Å². The highest BCUT2D eigenvalue weighted by Gasteiger charge is 2.11. The van der Waals surface area contributed by atoms with Crippen molar-refractivity contribution in [2.45, 2.75) is 6.92 Å². The maximum absolute atomic E-state index is 12.2. The number of benzene rings is 2. The van der Waals surface area contributed by atoms with Gasteiger partial charge in [0.1, 0.15) is 11.5 Å². The van der Waals surface area contributed by atoms with Crippen LogP contribution >= 0.6 is 11.6 Å². The van der Waals surface area contributed by atoms with Gasteiger partial charge in [-0.1, -0.05) is 17.7 Å². The number of aryl methyl sites for hydroxylation is 1. The second kappa shape index (κ2) is 4.69. The average Bonchev–Trinajstić information content (AvgIpc) is 2.43. The molecule has 0 spiro atoms. The fraction of sp³-hybridized carbons (Fsp3) is 0.0625. The van der Waals surface area contributed by atoms with Crippen LogP contribution in [-0.4, -0.2) is 5.11 Å². The van der Waals surface area contributed by atoms with E-state index in [1.165, 1.54) is 18.2 Å². The van der Waals surface area contributed by atoms with Gasteiger partial charge in [-0.2, -0.15) is 0 Å². The van der Waals surface area contributed by atoms with Gasteiger partial charge in [-0.15, -0.1) is 0 Å². The van der Waals surface area contributed by atoms with Crippen molar-refractivity contribution in [3.63, 3.8) is 0 Å². The summed E-state index contributed by atoms with van der Waals surface area (Å²) < 4.78 is 5.77.